The van der Waals surface area contributed by atoms with E-state index in [9.17, 15) is 15.2 Å². The lowest BCUT2D eigenvalue weighted by Crippen LogP contribution is -2.63. The Balaban J connectivity index is 1.89. The van der Waals surface area contributed by atoms with Gasteiger partial charge in [-0.1, -0.05) is 39.0 Å². The summed E-state index contributed by atoms with van der Waals surface area (Å²) in [6.07, 6.45) is 6.05. The molecule has 0 aromatic carbocycles. The number of nitriles is 1. The molecule has 7 heteroatoms. The van der Waals surface area contributed by atoms with Gasteiger partial charge in [0.2, 0.25) is 0 Å². The van der Waals surface area contributed by atoms with E-state index in [2.05, 4.69) is 26.8 Å². The molecule has 6 nitrogen and oxygen atoms in total. The van der Waals surface area contributed by atoms with E-state index in [1.165, 1.54) is 0 Å². The van der Waals surface area contributed by atoms with E-state index >= 15 is 0 Å². The molecule has 0 radical (unpaired) electrons. The molecule has 0 unspecified atom stereocenters. The van der Waals surface area contributed by atoms with Crippen LogP contribution >= 0.6 is 0 Å². The van der Waals surface area contributed by atoms with Gasteiger partial charge in [0.15, 0.2) is 19.7 Å². The Hall–Kier alpha value is -1.46. The Morgan fingerprint density at radius 1 is 1.30 bits per heavy atom. The molecule has 5 rings (SSSR count). The molecule has 2 aliphatic heterocycles. The molecule has 3 aliphatic carbocycles. The van der Waals surface area contributed by atoms with Crippen molar-refractivity contribution < 1.29 is 23.8 Å². The van der Waals surface area contributed by atoms with Crippen LogP contribution in [0.2, 0.25) is 18.1 Å². The molecular weight excluding hydrogens is 398 g/mol. The molecule has 1 N–H and O–H groups in total. The number of esters is 1. The largest absolute Gasteiger partial charge is 0.462 e. The zero-order valence-corrected chi connectivity index (χ0v) is 19.6. The first-order valence-corrected chi connectivity index (χ1v) is 13.8. The first kappa shape index (κ1) is 21.8. The Morgan fingerprint density at radius 3 is 2.53 bits per heavy atom. The number of nitrogens with zero attached hydrogens (tertiary/aromatic N) is 1. The summed E-state index contributed by atoms with van der Waals surface area (Å²) in [6, 6.07) is 5.27. The van der Waals surface area contributed by atoms with Crippen molar-refractivity contribution in [2.75, 3.05) is 6.61 Å². The number of rotatable bonds is 7. The molecular formula is C23H33NO5Si. The number of hydrogen-bond donors (Lipinski definition) is 1. The van der Waals surface area contributed by atoms with Gasteiger partial charge in [-0.25, -0.2) is 4.79 Å². The van der Waals surface area contributed by atoms with Crippen LogP contribution in [0.1, 0.15) is 41.0 Å². The van der Waals surface area contributed by atoms with Gasteiger partial charge in [0, 0.05) is 23.7 Å². The minimum Gasteiger partial charge on any atom is -0.462 e. The Bertz CT molecular complexity index is 833. The molecule has 2 heterocycles. The number of carbonyl (C=O) groups is 1. The molecule has 6 bridgehead atoms. The lowest BCUT2D eigenvalue weighted by atomic mass is 9.62. The smallest absolute Gasteiger partial charge is 0.337 e. The van der Waals surface area contributed by atoms with Gasteiger partial charge < -0.3 is 19.0 Å². The highest BCUT2D eigenvalue weighted by atomic mass is 28.4. The summed E-state index contributed by atoms with van der Waals surface area (Å²) < 4.78 is 19.0. The van der Waals surface area contributed by atoms with Crippen molar-refractivity contribution in [2.24, 2.45) is 23.7 Å². The van der Waals surface area contributed by atoms with E-state index in [-0.39, 0.29) is 29.6 Å². The second kappa shape index (κ2) is 7.03. The summed E-state index contributed by atoms with van der Waals surface area (Å²) in [4.78, 5) is 12.6. The molecule has 30 heavy (non-hydrogen) atoms. The average Bonchev–Trinajstić information content (AvgIpc) is 3.01. The summed E-state index contributed by atoms with van der Waals surface area (Å²) in [5, 5.41) is 21.7. The van der Waals surface area contributed by atoms with Gasteiger partial charge in [-0.05, 0) is 38.4 Å². The van der Waals surface area contributed by atoms with Crippen LogP contribution in [0, 0.1) is 35.0 Å². The van der Waals surface area contributed by atoms with Crippen molar-refractivity contribution in [3.05, 3.63) is 23.8 Å². The second-order valence-corrected chi connectivity index (χ2v) is 14.1. The van der Waals surface area contributed by atoms with Crippen molar-refractivity contribution in [1.82, 2.24) is 0 Å². The standard InChI is InChI=1S/C23H33NO5Si/c1-6-27-20(25)15-10-11-16-19-21(5,26)18-13-22(19,14-24)28-23(16,17(18)12-15)29-30(7-2,8-3)9-4/h10-12,16-19,26H,6-9,13H2,1-5H3/t16-,17+,18+,19-,21+,22-,23-/m0/s1. The maximum absolute atomic E-state index is 12.6. The van der Waals surface area contributed by atoms with Gasteiger partial charge in [0.05, 0.1) is 23.9 Å². The van der Waals surface area contributed by atoms with E-state index in [1.807, 2.05) is 19.1 Å². The quantitative estimate of drug-likeness (QED) is 0.488. The SMILES string of the molecule is CCOC(=O)C1=C[C@@H]2[C@H]3C[C@@]4(C#N)O[C@]2(O[Si](CC)(CC)CC)[C@@H](C=C1)[C@H]4[C@]3(C)O. The summed E-state index contributed by atoms with van der Waals surface area (Å²) in [5.41, 5.74) is -1.65. The number of hydrogen-bond acceptors (Lipinski definition) is 6. The van der Waals surface area contributed by atoms with E-state index in [0.29, 0.717) is 18.6 Å². The van der Waals surface area contributed by atoms with E-state index in [1.54, 1.807) is 13.0 Å². The fourth-order valence-corrected chi connectivity index (χ4v) is 9.58. The third kappa shape index (κ3) is 2.60. The lowest BCUT2D eigenvalue weighted by molar-refractivity contribution is -0.276. The van der Waals surface area contributed by atoms with Crippen LogP contribution in [0.4, 0.5) is 0 Å². The maximum Gasteiger partial charge on any atom is 0.337 e. The highest BCUT2D eigenvalue weighted by Crippen LogP contribution is 2.72. The number of carbonyl (C=O) groups excluding carboxylic acids is 1. The predicted octanol–water partition coefficient (Wildman–Crippen LogP) is 3.69. The van der Waals surface area contributed by atoms with Crippen LogP contribution in [-0.2, 0) is 18.7 Å². The van der Waals surface area contributed by atoms with Gasteiger partial charge in [0.25, 0.3) is 0 Å². The van der Waals surface area contributed by atoms with Gasteiger partial charge >= 0.3 is 5.97 Å². The van der Waals surface area contributed by atoms with Gasteiger partial charge in [-0.2, -0.15) is 5.26 Å². The van der Waals surface area contributed by atoms with E-state index in [4.69, 9.17) is 13.9 Å². The molecule has 0 spiro atoms. The van der Waals surface area contributed by atoms with Crippen molar-refractivity contribution in [1.29, 1.82) is 5.26 Å². The predicted molar refractivity (Wildman–Crippen MR) is 113 cm³/mol. The molecule has 7 atom stereocenters. The van der Waals surface area contributed by atoms with Crippen LogP contribution in [0.15, 0.2) is 23.8 Å². The molecule has 4 fully saturated rings. The maximum atomic E-state index is 12.6. The number of ether oxygens (including phenoxy) is 2. The Kier molecular flexibility index (Phi) is 5.10. The summed E-state index contributed by atoms with van der Waals surface area (Å²) >= 11 is 0. The summed E-state index contributed by atoms with van der Waals surface area (Å²) in [5.74, 6) is -2.60. The summed E-state index contributed by atoms with van der Waals surface area (Å²) in [7, 11) is -2.12. The normalized spacial score (nSPS) is 43.3. The van der Waals surface area contributed by atoms with Crippen LogP contribution in [0.5, 0.6) is 0 Å². The molecule has 164 valence electrons. The zero-order valence-electron chi connectivity index (χ0n) is 18.6. The molecule has 0 aromatic rings. The molecule has 2 saturated carbocycles. The van der Waals surface area contributed by atoms with Crippen LogP contribution in [0.25, 0.3) is 0 Å². The summed E-state index contributed by atoms with van der Waals surface area (Å²) in [6.45, 7) is 10.4. The van der Waals surface area contributed by atoms with Crippen molar-refractivity contribution in [3.63, 3.8) is 0 Å². The van der Waals surface area contributed by atoms with Gasteiger partial charge in [-0.3, -0.25) is 0 Å². The van der Waals surface area contributed by atoms with E-state index in [0.717, 1.165) is 18.1 Å². The minimum absolute atomic E-state index is 0.214. The third-order valence-corrected chi connectivity index (χ3v) is 12.9. The highest BCUT2D eigenvalue weighted by molar-refractivity contribution is 6.73. The van der Waals surface area contributed by atoms with Gasteiger partial charge in [0.1, 0.15) is 0 Å². The second-order valence-electron chi connectivity index (χ2n) is 9.44. The average molecular weight is 432 g/mol. The van der Waals surface area contributed by atoms with Gasteiger partial charge in [-0.15, -0.1) is 0 Å². The van der Waals surface area contributed by atoms with E-state index < -0.39 is 25.3 Å². The minimum atomic E-state index is -2.12. The lowest BCUT2D eigenvalue weighted by Gasteiger charge is -2.54. The third-order valence-electron chi connectivity index (χ3n) is 8.32. The number of aliphatic hydroxyl groups is 1. The molecule has 5 aliphatic rings. The highest BCUT2D eigenvalue weighted by Gasteiger charge is 2.82. The van der Waals surface area contributed by atoms with Crippen LogP contribution < -0.4 is 0 Å². The monoisotopic (exact) mass is 431 g/mol. The topological polar surface area (TPSA) is 88.8 Å². The van der Waals surface area contributed by atoms with Crippen LogP contribution in [-0.4, -0.2) is 43.0 Å². The fourth-order valence-electron chi connectivity index (χ4n) is 6.65. The first-order valence-electron chi connectivity index (χ1n) is 11.3. The molecule has 0 aromatic heterocycles. The Labute approximate surface area is 180 Å². The molecule has 0 amide bonds. The van der Waals surface area contributed by atoms with Crippen LogP contribution in [0.3, 0.4) is 0 Å². The zero-order chi connectivity index (χ0) is 21.9. The fraction of sp³-hybridized carbons (Fsp3) is 0.739. The Morgan fingerprint density at radius 2 is 1.97 bits per heavy atom. The van der Waals surface area contributed by atoms with Crippen molar-refractivity contribution >= 4 is 14.3 Å². The van der Waals surface area contributed by atoms with Crippen molar-refractivity contribution in [2.45, 2.75) is 76.2 Å². The first-order chi connectivity index (χ1) is 14.2. The van der Waals surface area contributed by atoms with Crippen molar-refractivity contribution in [3.8, 4) is 6.07 Å². The molecule has 2 saturated heterocycles.